The Morgan fingerprint density at radius 1 is 1.26 bits per heavy atom. The third-order valence-corrected chi connectivity index (χ3v) is 4.48. The third kappa shape index (κ3) is 3.72. The van der Waals surface area contributed by atoms with E-state index in [1.165, 1.54) is 5.56 Å². The normalized spacial score (nSPS) is 20.4. The zero-order valence-electron chi connectivity index (χ0n) is 13.0. The molecule has 3 rings (SSSR count). The first kappa shape index (κ1) is 16.0. The van der Waals surface area contributed by atoms with Gasteiger partial charge in [-0.15, -0.1) is 0 Å². The molecule has 1 aliphatic heterocycles. The van der Waals surface area contributed by atoms with Crippen molar-refractivity contribution in [2.75, 3.05) is 6.54 Å². The molecule has 1 heterocycles. The molecule has 0 aliphatic carbocycles. The number of carbonyl (C=O) groups is 1. The van der Waals surface area contributed by atoms with Gasteiger partial charge in [0.1, 0.15) is 0 Å². The van der Waals surface area contributed by atoms with E-state index in [4.69, 9.17) is 11.6 Å². The second kappa shape index (κ2) is 7.13. The lowest BCUT2D eigenvalue weighted by Gasteiger charge is -2.19. The minimum absolute atomic E-state index is 0.0377. The number of halogens is 1. The first-order valence-corrected chi connectivity index (χ1v) is 8.09. The van der Waals surface area contributed by atoms with Gasteiger partial charge in [0.15, 0.2) is 0 Å². The first-order valence-electron chi connectivity index (χ1n) is 7.71. The quantitative estimate of drug-likeness (QED) is 0.808. The van der Waals surface area contributed by atoms with Crippen LogP contribution in [0.4, 0.5) is 0 Å². The number of rotatable bonds is 4. The van der Waals surface area contributed by atoms with Gasteiger partial charge in [-0.1, -0.05) is 48.0 Å². The van der Waals surface area contributed by atoms with Crippen LogP contribution in [0.3, 0.4) is 0 Å². The number of hydrogen-bond donors (Lipinski definition) is 3. The summed E-state index contributed by atoms with van der Waals surface area (Å²) in [4.78, 5) is 12.6. The molecule has 2 atom stereocenters. The highest BCUT2D eigenvalue weighted by molar-refractivity contribution is 6.30. The molecule has 2 aromatic carbocycles. The van der Waals surface area contributed by atoms with Gasteiger partial charge in [-0.05, 0) is 35.7 Å². The van der Waals surface area contributed by atoms with Gasteiger partial charge in [0.05, 0.1) is 12.0 Å². The SMILES string of the molecule is Cc1ccccc1CNC(=O)C1CNNC1c1cccc(Cl)c1. The van der Waals surface area contributed by atoms with Crippen LogP contribution in [0.2, 0.25) is 5.02 Å². The minimum Gasteiger partial charge on any atom is -0.352 e. The number of aryl methyl sites for hydroxylation is 1. The van der Waals surface area contributed by atoms with Crippen molar-refractivity contribution in [2.24, 2.45) is 5.92 Å². The van der Waals surface area contributed by atoms with E-state index < -0.39 is 0 Å². The van der Waals surface area contributed by atoms with Crippen LogP contribution in [0.1, 0.15) is 22.7 Å². The molecule has 0 aromatic heterocycles. The third-order valence-electron chi connectivity index (χ3n) is 4.24. The highest BCUT2D eigenvalue weighted by Crippen LogP contribution is 2.27. The maximum Gasteiger partial charge on any atom is 0.226 e. The van der Waals surface area contributed by atoms with Crippen LogP contribution in [0.5, 0.6) is 0 Å². The van der Waals surface area contributed by atoms with E-state index in [0.717, 1.165) is 11.1 Å². The fourth-order valence-electron chi connectivity index (χ4n) is 2.88. The molecular weight excluding hydrogens is 310 g/mol. The van der Waals surface area contributed by atoms with Crippen molar-refractivity contribution in [3.63, 3.8) is 0 Å². The fraction of sp³-hybridized carbons (Fsp3) is 0.278. The summed E-state index contributed by atoms with van der Waals surface area (Å²) in [6.07, 6.45) is 0. The van der Waals surface area contributed by atoms with Crippen LogP contribution in [-0.2, 0) is 11.3 Å². The van der Waals surface area contributed by atoms with E-state index >= 15 is 0 Å². The predicted octanol–water partition coefficient (Wildman–Crippen LogP) is 2.73. The molecule has 0 spiro atoms. The molecule has 1 aliphatic rings. The van der Waals surface area contributed by atoms with E-state index in [-0.39, 0.29) is 17.9 Å². The minimum atomic E-state index is -0.169. The highest BCUT2D eigenvalue weighted by atomic mass is 35.5. The number of carbonyl (C=O) groups excluding carboxylic acids is 1. The van der Waals surface area contributed by atoms with Crippen molar-refractivity contribution in [3.8, 4) is 0 Å². The summed E-state index contributed by atoms with van der Waals surface area (Å²) in [5.41, 5.74) is 9.58. The van der Waals surface area contributed by atoms with E-state index in [9.17, 15) is 4.79 Å². The van der Waals surface area contributed by atoms with E-state index in [1.54, 1.807) is 0 Å². The fourth-order valence-corrected chi connectivity index (χ4v) is 3.08. The molecule has 23 heavy (non-hydrogen) atoms. The van der Waals surface area contributed by atoms with Crippen LogP contribution in [-0.4, -0.2) is 12.5 Å². The van der Waals surface area contributed by atoms with E-state index in [0.29, 0.717) is 18.1 Å². The number of nitrogens with one attached hydrogen (secondary N) is 3. The van der Waals surface area contributed by atoms with Gasteiger partial charge < -0.3 is 5.32 Å². The average molecular weight is 330 g/mol. The molecule has 1 amide bonds. The molecule has 1 fully saturated rings. The summed E-state index contributed by atoms with van der Waals surface area (Å²) < 4.78 is 0. The average Bonchev–Trinajstić information content (AvgIpc) is 3.03. The molecule has 5 heteroatoms. The van der Waals surface area contributed by atoms with Gasteiger partial charge in [-0.2, -0.15) is 0 Å². The topological polar surface area (TPSA) is 53.2 Å². The van der Waals surface area contributed by atoms with Crippen LogP contribution < -0.4 is 16.2 Å². The molecule has 2 aromatic rings. The lowest BCUT2D eigenvalue weighted by atomic mass is 9.94. The second-order valence-corrected chi connectivity index (χ2v) is 6.25. The lowest BCUT2D eigenvalue weighted by molar-refractivity contribution is -0.125. The van der Waals surface area contributed by atoms with Gasteiger partial charge in [0.25, 0.3) is 0 Å². The van der Waals surface area contributed by atoms with Gasteiger partial charge in [0, 0.05) is 18.1 Å². The molecule has 0 radical (unpaired) electrons. The molecule has 120 valence electrons. The van der Waals surface area contributed by atoms with E-state index in [2.05, 4.69) is 29.2 Å². The van der Waals surface area contributed by atoms with Crippen molar-refractivity contribution < 1.29 is 4.79 Å². The van der Waals surface area contributed by atoms with Crippen LogP contribution in [0.15, 0.2) is 48.5 Å². The Morgan fingerprint density at radius 2 is 2.09 bits per heavy atom. The van der Waals surface area contributed by atoms with Crippen molar-refractivity contribution in [1.29, 1.82) is 0 Å². The Kier molecular flexibility index (Phi) is 4.96. The van der Waals surface area contributed by atoms with Crippen molar-refractivity contribution >= 4 is 17.5 Å². The molecule has 4 nitrogen and oxygen atoms in total. The largest absolute Gasteiger partial charge is 0.352 e. The summed E-state index contributed by atoms with van der Waals surface area (Å²) in [6.45, 7) is 3.19. The molecule has 1 saturated heterocycles. The summed E-state index contributed by atoms with van der Waals surface area (Å²) in [5.74, 6) is -0.131. The first-order chi connectivity index (χ1) is 11.1. The van der Waals surface area contributed by atoms with E-state index in [1.807, 2.05) is 42.5 Å². The zero-order valence-corrected chi connectivity index (χ0v) is 13.7. The Bertz CT molecular complexity index is 704. The summed E-state index contributed by atoms with van der Waals surface area (Å²) in [5, 5.41) is 3.72. The Morgan fingerprint density at radius 3 is 2.87 bits per heavy atom. The number of amides is 1. The molecule has 3 N–H and O–H groups in total. The van der Waals surface area contributed by atoms with Crippen molar-refractivity contribution in [1.82, 2.24) is 16.2 Å². The molecule has 2 unspecified atom stereocenters. The smallest absolute Gasteiger partial charge is 0.226 e. The van der Waals surface area contributed by atoms with Gasteiger partial charge in [-0.3, -0.25) is 10.2 Å². The Labute approximate surface area is 141 Å². The van der Waals surface area contributed by atoms with Gasteiger partial charge >= 0.3 is 0 Å². The van der Waals surface area contributed by atoms with Crippen molar-refractivity contribution in [3.05, 3.63) is 70.2 Å². The number of benzene rings is 2. The molecule has 0 bridgehead atoms. The van der Waals surface area contributed by atoms with Gasteiger partial charge in [0.2, 0.25) is 5.91 Å². The Balaban J connectivity index is 1.68. The standard InChI is InChI=1S/C18H20ClN3O/c1-12-5-2-3-6-14(12)10-20-18(23)16-11-21-22-17(16)13-7-4-8-15(19)9-13/h2-9,16-17,21-22H,10-11H2,1H3,(H,20,23). The lowest BCUT2D eigenvalue weighted by Crippen LogP contribution is -2.34. The van der Waals surface area contributed by atoms with Crippen molar-refractivity contribution in [2.45, 2.75) is 19.5 Å². The molecular formula is C18H20ClN3O. The number of hydrazine groups is 1. The van der Waals surface area contributed by atoms with Crippen LogP contribution in [0, 0.1) is 12.8 Å². The number of hydrogen-bond acceptors (Lipinski definition) is 3. The van der Waals surface area contributed by atoms with Crippen LogP contribution >= 0.6 is 11.6 Å². The summed E-state index contributed by atoms with van der Waals surface area (Å²) in [7, 11) is 0. The Hall–Kier alpha value is -1.88. The van der Waals surface area contributed by atoms with Gasteiger partial charge in [-0.25, -0.2) is 5.43 Å². The maximum absolute atomic E-state index is 12.6. The maximum atomic E-state index is 12.6. The second-order valence-electron chi connectivity index (χ2n) is 5.81. The summed E-state index contributed by atoms with van der Waals surface area (Å²) >= 11 is 6.06. The summed E-state index contributed by atoms with van der Waals surface area (Å²) in [6, 6.07) is 15.6. The predicted molar refractivity (Wildman–Crippen MR) is 91.8 cm³/mol. The highest BCUT2D eigenvalue weighted by Gasteiger charge is 2.33. The van der Waals surface area contributed by atoms with Crippen LogP contribution in [0.25, 0.3) is 0 Å². The zero-order chi connectivity index (χ0) is 16.2. The molecule has 0 saturated carbocycles. The monoisotopic (exact) mass is 329 g/mol.